The molecule has 0 aromatic rings. The van der Waals surface area contributed by atoms with Gasteiger partial charge >= 0.3 is 23.1 Å². The molecule has 0 N–H and O–H groups in total. The number of hydrogen-bond donors (Lipinski definition) is 0. The summed E-state index contributed by atoms with van der Waals surface area (Å²) in [6.07, 6.45) is 4.58. The number of rotatable bonds is 7. The van der Waals surface area contributed by atoms with Crippen molar-refractivity contribution in [2.24, 2.45) is 0 Å². The van der Waals surface area contributed by atoms with Crippen molar-refractivity contribution >= 4 is 23.1 Å². The maximum absolute atomic E-state index is 5.09. The standard InChI is InChI=1S/C8H17O2.ClH.Mg/c1-3-4-5-6-7-10-8-9-2;;/h1,3-8H2,2H3;1H;/q-1;;+2/p-1. The quantitative estimate of drug-likeness (QED) is 0.221. The molecule has 4 heteroatoms. The first kappa shape index (κ1) is 18.7. The van der Waals surface area contributed by atoms with Gasteiger partial charge < -0.3 is 28.8 Å². The third kappa shape index (κ3) is 17.2. The van der Waals surface area contributed by atoms with Gasteiger partial charge in [-0.3, -0.25) is 0 Å². The molecule has 0 aromatic heterocycles. The van der Waals surface area contributed by atoms with Gasteiger partial charge in [0.1, 0.15) is 6.79 Å². The van der Waals surface area contributed by atoms with E-state index in [0.717, 1.165) is 19.4 Å². The minimum absolute atomic E-state index is 0. The van der Waals surface area contributed by atoms with Gasteiger partial charge in [-0.1, -0.05) is 12.8 Å². The fourth-order valence-corrected chi connectivity index (χ4v) is 0.700. The molecule has 70 valence electrons. The topological polar surface area (TPSA) is 18.5 Å². The molecule has 0 spiro atoms. The summed E-state index contributed by atoms with van der Waals surface area (Å²) in [5.74, 6) is 0. The molecule has 2 nitrogen and oxygen atoms in total. The Morgan fingerprint density at radius 1 is 1.17 bits per heavy atom. The van der Waals surface area contributed by atoms with E-state index < -0.39 is 0 Å². The molecule has 12 heavy (non-hydrogen) atoms. The van der Waals surface area contributed by atoms with Gasteiger partial charge in [0, 0.05) is 13.7 Å². The van der Waals surface area contributed by atoms with E-state index in [9.17, 15) is 0 Å². The number of hydrogen-bond acceptors (Lipinski definition) is 2. The molecule has 0 aliphatic heterocycles. The molecule has 0 amide bonds. The van der Waals surface area contributed by atoms with Gasteiger partial charge in [-0.25, -0.2) is 0 Å². The number of unbranched alkanes of at least 4 members (excludes halogenated alkanes) is 3. The summed E-state index contributed by atoms with van der Waals surface area (Å²) in [5, 5.41) is 0. The minimum Gasteiger partial charge on any atom is -1.00 e. The normalized spacial score (nSPS) is 8.50. The van der Waals surface area contributed by atoms with Crippen LogP contribution in [0.15, 0.2) is 0 Å². The van der Waals surface area contributed by atoms with Gasteiger partial charge in [0.05, 0.1) is 0 Å². The zero-order valence-electron chi connectivity index (χ0n) is 7.85. The molecule has 0 bridgehead atoms. The van der Waals surface area contributed by atoms with Crippen LogP contribution >= 0.6 is 0 Å². The Labute approximate surface area is 97.9 Å². The molecule has 0 rings (SSSR count). The summed E-state index contributed by atoms with van der Waals surface area (Å²) >= 11 is 0. The predicted molar refractivity (Wildman–Crippen MR) is 47.4 cm³/mol. The molecule has 0 aliphatic carbocycles. The number of methoxy groups -OCH3 is 1. The third-order valence-electron chi connectivity index (χ3n) is 1.24. The second kappa shape index (κ2) is 17.9. The smallest absolute Gasteiger partial charge is 1.00 e. The first-order valence-electron chi connectivity index (χ1n) is 3.77. The van der Waals surface area contributed by atoms with Gasteiger partial charge in [-0.05, 0) is 6.42 Å². The van der Waals surface area contributed by atoms with Crippen LogP contribution in [0, 0.1) is 6.92 Å². The Balaban J connectivity index is -0.000000405. The summed E-state index contributed by atoms with van der Waals surface area (Å²) in [6.45, 7) is 4.99. The van der Waals surface area contributed by atoms with Crippen molar-refractivity contribution in [3.8, 4) is 0 Å². The maximum Gasteiger partial charge on any atom is 2.00 e. The second-order valence-electron chi connectivity index (χ2n) is 2.23. The molecule has 0 atom stereocenters. The van der Waals surface area contributed by atoms with E-state index in [0.29, 0.717) is 6.79 Å². The van der Waals surface area contributed by atoms with Gasteiger partial charge in [0.2, 0.25) is 0 Å². The minimum atomic E-state index is 0. The molecule has 0 saturated carbocycles. The molecule has 0 fully saturated rings. The van der Waals surface area contributed by atoms with Gasteiger partial charge in [-0.15, -0.1) is 0 Å². The van der Waals surface area contributed by atoms with E-state index in [-0.39, 0.29) is 35.5 Å². The van der Waals surface area contributed by atoms with Crippen LogP contribution in [-0.2, 0) is 9.47 Å². The zero-order valence-corrected chi connectivity index (χ0v) is 10.0. The average Bonchev–Trinajstić information content (AvgIpc) is 1.97. The van der Waals surface area contributed by atoms with Crippen LogP contribution in [0.1, 0.15) is 25.7 Å². The van der Waals surface area contributed by atoms with Crippen LogP contribution in [0.2, 0.25) is 0 Å². The van der Waals surface area contributed by atoms with E-state index in [1.807, 2.05) is 0 Å². The van der Waals surface area contributed by atoms with Gasteiger partial charge in [0.25, 0.3) is 0 Å². The number of halogens is 1. The van der Waals surface area contributed by atoms with Gasteiger partial charge in [0.15, 0.2) is 0 Å². The summed E-state index contributed by atoms with van der Waals surface area (Å²) in [5.41, 5.74) is 0. The second-order valence-corrected chi connectivity index (χ2v) is 2.23. The molecule has 0 aliphatic rings. The van der Waals surface area contributed by atoms with Crippen LogP contribution in [0.3, 0.4) is 0 Å². The molecule has 0 heterocycles. The monoisotopic (exact) mass is 204 g/mol. The van der Waals surface area contributed by atoms with E-state index >= 15 is 0 Å². The van der Waals surface area contributed by atoms with Crippen molar-refractivity contribution < 1.29 is 21.9 Å². The van der Waals surface area contributed by atoms with Crippen molar-refractivity contribution in [2.75, 3.05) is 20.5 Å². The third-order valence-corrected chi connectivity index (χ3v) is 1.24. The van der Waals surface area contributed by atoms with Crippen molar-refractivity contribution in [1.29, 1.82) is 0 Å². The van der Waals surface area contributed by atoms with Crippen LogP contribution in [-0.4, -0.2) is 43.6 Å². The fraction of sp³-hybridized carbons (Fsp3) is 0.875. The Kier molecular flexibility index (Phi) is 27.9. The molecule has 0 unspecified atom stereocenters. The van der Waals surface area contributed by atoms with Crippen LogP contribution < -0.4 is 12.4 Å². The van der Waals surface area contributed by atoms with Crippen molar-refractivity contribution in [3.63, 3.8) is 0 Å². The van der Waals surface area contributed by atoms with Crippen LogP contribution in [0.5, 0.6) is 0 Å². The average molecular weight is 205 g/mol. The van der Waals surface area contributed by atoms with E-state index in [1.54, 1.807) is 7.11 Å². The fourth-order valence-electron chi connectivity index (χ4n) is 0.700. The molecule has 0 saturated heterocycles. The van der Waals surface area contributed by atoms with Crippen LogP contribution in [0.4, 0.5) is 0 Å². The van der Waals surface area contributed by atoms with E-state index in [2.05, 4.69) is 6.92 Å². The summed E-state index contributed by atoms with van der Waals surface area (Å²) in [7, 11) is 1.63. The molecular weight excluding hydrogens is 188 g/mol. The van der Waals surface area contributed by atoms with Crippen molar-refractivity contribution in [2.45, 2.75) is 25.7 Å². The SMILES string of the molecule is [CH2-]CCCCCOCOC.[Cl-].[Mg+2]. The molecular formula is C8H17ClMgO2. The summed E-state index contributed by atoms with van der Waals surface area (Å²) in [6, 6.07) is 0. The largest absolute Gasteiger partial charge is 2.00 e. The summed E-state index contributed by atoms with van der Waals surface area (Å²) in [4.78, 5) is 0. The molecule has 0 aromatic carbocycles. The Bertz CT molecular complexity index is 57.0. The van der Waals surface area contributed by atoms with Gasteiger partial charge in [-0.2, -0.15) is 6.42 Å². The summed E-state index contributed by atoms with van der Waals surface area (Å²) < 4.78 is 9.80. The van der Waals surface area contributed by atoms with E-state index in [1.165, 1.54) is 12.8 Å². The maximum atomic E-state index is 5.09. The van der Waals surface area contributed by atoms with E-state index in [4.69, 9.17) is 9.47 Å². The van der Waals surface area contributed by atoms with Crippen molar-refractivity contribution in [1.82, 2.24) is 0 Å². The van der Waals surface area contributed by atoms with Crippen LogP contribution in [0.25, 0.3) is 0 Å². The Hall–Kier alpha value is 0.976. The molecule has 0 radical (unpaired) electrons. The first-order valence-corrected chi connectivity index (χ1v) is 3.77. The predicted octanol–water partition coefficient (Wildman–Crippen LogP) is -1.38. The Morgan fingerprint density at radius 3 is 2.33 bits per heavy atom. The first-order chi connectivity index (χ1) is 4.91. The Morgan fingerprint density at radius 2 is 1.83 bits per heavy atom. The number of ether oxygens (including phenoxy) is 2. The van der Waals surface area contributed by atoms with Crippen molar-refractivity contribution in [3.05, 3.63) is 6.92 Å². The zero-order chi connectivity index (χ0) is 7.66.